The summed E-state index contributed by atoms with van der Waals surface area (Å²) in [5.74, 6) is 0. The van der Waals surface area contributed by atoms with Crippen molar-refractivity contribution in [2.45, 2.75) is 19.3 Å². The van der Waals surface area contributed by atoms with E-state index in [1.807, 2.05) is 22.7 Å². The van der Waals surface area contributed by atoms with Gasteiger partial charge in [0, 0.05) is 56.7 Å². The van der Waals surface area contributed by atoms with Crippen molar-refractivity contribution < 1.29 is 0 Å². The normalized spacial score (nSPS) is 14.1. The van der Waals surface area contributed by atoms with Crippen molar-refractivity contribution >= 4 is 73.8 Å². The number of hydrogen-bond acceptors (Lipinski definition) is 2. The first-order chi connectivity index (χ1) is 19.1. The van der Waals surface area contributed by atoms with Crippen LogP contribution in [0.4, 0.5) is 0 Å². The Hall–Kier alpha value is -3.98. The number of benzene rings is 6. The van der Waals surface area contributed by atoms with Gasteiger partial charge in [0.25, 0.3) is 0 Å². The van der Waals surface area contributed by atoms with Crippen LogP contribution < -0.4 is 0 Å². The topological polar surface area (TPSA) is 0 Å². The number of hydrogen-bond donors (Lipinski definition) is 0. The van der Waals surface area contributed by atoms with Crippen LogP contribution >= 0.6 is 22.7 Å². The van der Waals surface area contributed by atoms with Crippen molar-refractivity contribution in [2.75, 3.05) is 0 Å². The predicted octanol–water partition coefficient (Wildman–Crippen LogP) is 11.5. The number of fused-ring (bicyclic) bond motifs is 12. The van der Waals surface area contributed by atoms with E-state index in [-0.39, 0.29) is 5.41 Å². The average molecular weight is 533 g/mol. The molecule has 9 rings (SSSR count). The van der Waals surface area contributed by atoms with Gasteiger partial charge in [0.15, 0.2) is 0 Å². The van der Waals surface area contributed by atoms with Crippen molar-refractivity contribution in [3.8, 4) is 22.3 Å². The van der Waals surface area contributed by atoms with Crippen LogP contribution in [0, 0.1) is 0 Å². The second-order valence-electron chi connectivity index (χ2n) is 11.3. The summed E-state index contributed by atoms with van der Waals surface area (Å²) in [5, 5.41) is 8.19. The molecule has 6 aromatic carbocycles. The monoisotopic (exact) mass is 532 g/mol. The van der Waals surface area contributed by atoms with Gasteiger partial charge >= 0.3 is 0 Å². The van der Waals surface area contributed by atoms with E-state index in [0.29, 0.717) is 0 Å². The van der Waals surface area contributed by atoms with Gasteiger partial charge in [-0.25, -0.2) is 0 Å². The summed E-state index contributed by atoms with van der Waals surface area (Å²) >= 11 is 3.86. The van der Waals surface area contributed by atoms with Gasteiger partial charge < -0.3 is 0 Å². The van der Waals surface area contributed by atoms with E-state index in [1.165, 1.54) is 84.5 Å². The van der Waals surface area contributed by atoms with Crippen molar-refractivity contribution in [3.63, 3.8) is 0 Å². The number of thiophene rings is 2. The lowest BCUT2D eigenvalue weighted by Gasteiger charge is -2.22. The van der Waals surface area contributed by atoms with Crippen LogP contribution in [0.5, 0.6) is 0 Å². The van der Waals surface area contributed by atoms with Crippen molar-refractivity contribution in [3.05, 3.63) is 120 Å². The fourth-order valence-corrected chi connectivity index (χ4v) is 9.45. The zero-order chi connectivity index (χ0) is 25.9. The van der Waals surface area contributed by atoms with E-state index in [2.05, 4.69) is 123 Å². The fourth-order valence-electron chi connectivity index (χ4n) is 6.97. The van der Waals surface area contributed by atoms with Crippen LogP contribution in [0.3, 0.4) is 0 Å². The molecular weight excluding hydrogens is 509 g/mol. The fraction of sp³-hybridized carbons (Fsp3) is 0.0811. The van der Waals surface area contributed by atoms with E-state index in [1.54, 1.807) is 0 Å². The molecule has 0 saturated heterocycles. The third-order valence-corrected chi connectivity index (χ3v) is 11.3. The minimum atomic E-state index is -0.0171. The summed E-state index contributed by atoms with van der Waals surface area (Å²) in [4.78, 5) is 0. The first-order valence-electron chi connectivity index (χ1n) is 13.5. The van der Waals surface area contributed by atoms with E-state index in [9.17, 15) is 0 Å². The van der Waals surface area contributed by atoms with E-state index in [4.69, 9.17) is 0 Å². The zero-order valence-electron chi connectivity index (χ0n) is 21.7. The smallest absolute Gasteiger partial charge is 0.0440 e. The molecule has 2 heterocycles. The molecule has 0 fully saturated rings. The molecule has 0 amide bonds. The molecule has 0 radical (unpaired) electrons. The number of rotatable bonds is 1. The summed E-state index contributed by atoms with van der Waals surface area (Å²) in [5.41, 5.74) is 8.24. The molecule has 2 aromatic heterocycles. The maximum absolute atomic E-state index is 2.49. The molecule has 1 aliphatic rings. The minimum absolute atomic E-state index is 0.0171. The SMILES string of the molecule is CC1(C)c2ccccc2-c2ccc(-c3cc4c(ccc5c6ccccc6sc54)c4c3sc3ccccc34)cc21. The molecule has 0 atom stereocenters. The third kappa shape index (κ3) is 2.83. The lowest BCUT2D eigenvalue weighted by Crippen LogP contribution is -2.14. The van der Waals surface area contributed by atoms with E-state index < -0.39 is 0 Å². The second kappa shape index (κ2) is 7.57. The molecule has 0 bridgehead atoms. The Morgan fingerprint density at radius 1 is 0.462 bits per heavy atom. The van der Waals surface area contributed by atoms with Gasteiger partial charge in [-0.15, -0.1) is 22.7 Å². The summed E-state index contributed by atoms with van der Waals surface area (Å²) in [6.45, 7) is 4.75. The highest BCUT2D eigenvalue weighted by Gasteiger charge is 2.35. The molecule has 8 aromatic rings. The Morgan fingerprint density at radius 3 is 2.00 bits per heavy atom. The zero-order valence-corrected chi connectivity index (χ0v) is 23.3. The van der Waals surface area contributed by atoms with E-state index >= 15 is 0 Å². The molecule has 39 heavy (non-hydrogen) atoms. The Labute approximate surface area is 234 Å². The molecule has 1 aliphatic carbocycles. The molecule has 0 aliphatic heterocycles. The molecule has 0 nitrogen and oxygen atoms in total. The Bertz CT molecular complexity index is 2310. The van der Waals surface area contributed by atoms with Crippen molar-refractivity contribution in [1.82, 2.24) is 0 Å². The van der Waals surface area contributed by atoms with Gasteiger partial charge in [-0.2, -0.15) is 0 Å². The van der Waals surface area contributed by atoms with Crippen molar-refractivity contribution in [2.24, 2.45) is 0 Å². The van der Waals surface area contributed by atoms with Crippen LogP contribution in [0.15, 0.2) is 109 Å². The maximum Gasteiger partial charge on any atom is 0.0440 e. The molecule has 0 spiro atoms. The Morgan fingerprint density at radius 2 is 1.13 bits per heavy atom. The molecule has 0 N–H and O–H groups in total. The molecule has 0 saturated carbocycles. The predicted molar refractivity (Wildman–Crippen MR) is 173 cm³/mol. The molecular formula is C37H24S2. The van der Waals surface area contributed by atoms with Gasteiger partial charge in [-0.3, -0.25) is 0 Å². The lowest BCUT2D eigenvalue weighted by atomic mass is 9.81. The van der Waals surface area contributed by atoms with Gasteiger partial charge in [0.05, 0.1) is 0 Å². The van der Waals surface area contributed by atoms with Gasteiger partial charge in [-0.1, -0.05) is 98.8 Å². The van der Waals surface area contributed by atoms with Crippen LogP contribution in [0.25, 0.3) is 73.4 Å². The highest BCUT2D eigenvalue weighted by atomic mass is 32.1. The Kier molecular flexibility index (Phi) is 4.25. The highest BCUT2D eigenvalue weighted by molar-refractivity contribution is 7.27. The second-order valence-corrected chi connectivity index (χ2v) is 13.4. The average Bonchev–Trinajstić information content (AvgIpc) is 3.61. The van der Waals surface area contributed by atoms with E-state index in [0.717, 1.165) is 0 Å². The standard InChI is InChI=1S/C37H24S2/c1-37(2)30-12-6-3-9-22(30)23-16-15-21(19-31(23)37)28-20-29-25(34-27-11-5-8-14-33(27)39-36(28)34)17-18-26-24-10-4-7-13-32(24)38-35(26)29/h3-20H,1-2H3. The molecule has 184 valence electrons. The quantitative estimate of drug-likeness (QED) is 0.197. The molecule has 0 unspecified atom stereocenters. The van der Waals surface area contributed by atoms with Gasteiger partial charge in [0.2, 0.25) is 0 Å². The van der Waals surface area contributed by atoms with Crippen LogP contribution in [0.1, 0.15) is 25.0 Å². The Balaban J connectivity index is 1.42. The third-order valence-electron chi connectivity index (χ3n) is 8.88. The van der Waals surface area contributed by atoms with Crippen LogP contribution in [0.2, 0.25) is 0 Å². The van der Waals surface area contributed by atoms with Gasteiger partial charge in [0.1, 0.15) is 0 Å². The maximum atomic E-state index is 2.49. The summed E-state index contributed by atoms with van der Waals surface area (Å²) in [6.07, 6.45) is 0. The van der Waals surface area contributed by atoms with Crippen molar-refractivity contribution in [1.29, 1.82) is 0 Å². The van der Waals surface area contributed by atoms with Gasteiger partial charge in [-0.05, 0) is 57.5 Å². The van der Waals surface area contributed by atoms with Crippen LogP contribution in [-0.2, 0) is 5.41 Å². The largest absolute Gasteiger partial charge is 0.135 e. The first-order valence-corrected chi connectivity index (χ1v) is 15.2. The lowest BCUT2D eigenvalue weighted by molar-refractivity contribution is 0.660. The highest BCUT2D eigenvalue weighted by Crippen LogP contribution is 2.52. The summed E-state index contributed by atoms with van der Waals surface area (Å²) in [6, 6.07) is 41.1. The summed E-state index contributed by atoms with van der Waals surface area (Å²) in [7, 11) is 0. The van der Waals surface area contributed by atoms with Crippen LogP contribution in [-0.4, -0.2) is 0 Å². The first kappa shape index (κ1) is 21.9. The minimum Gasteiger partial charge on any atom is -0.135 e. The summed E-state index contributed by atoms with van der Waals surface area (Å²) < 4.78 is 5.49. The molecule has 2 heteroatoms.